The van der Waals surface area contributed by atoms with Crippen LogP contribution in [-0.2, 0) is 23.8 Å². The van der Waals surface area contributed by atoms with E-state index in [9.17, 15) is 8.42 Å². The minimum atomic E-state index is -3.42. The molecule has 1 saturated heterocycles. The van der Waals surface area contributed by atoms with E-state index >= 15 is 0 Å². The molecule has 114 valence electrons. The first-order valence-corrected chi connectivity index (χ1v) is 8.30. The molecule has 0 radical (unpaired) electrons. The van der Waals surface area contributed by atoms with Gasteiger partial charge in [-0.05, 0) is 32.2 Å². The van der Waals surface area contributed by atoms with Crippen molar-refractivity contribution in [2.24, 2.45) is 18.7 Å². The number of piperidine rings is 1. The van der Waals surface area contributed by atoms with Gasteiger partial charge in [0.2, 0.25) is 0 Å². The Kier molecular flexibility index (Phi) is 4.79. The molecule has 0 aliphatic carbocycles. The Morgan fingerprint density at radius 3 is 2.60 bits per heavy atom. The molecule has 2 heterocycles. The molecule has 1 aromatic heterocycles. The Balaban J connectivity index is 1.93. The topological polar surface area (TPSA) is 93.2 Å². The van der Waals surface area contributed by atoms with E-state index < -0.39 is 10.2 Å². The summed E-state index contributed by atoms with van der Waals surface area (Å²) in [7, 11) is -1.59. The molecule has 0 spiro atoms. The van der Waals surface area contributed by atoms with Crippen molar-refractivity contribution in [3.05, 3.63) is 17.5 Å². The molecule has 1 aliphatic heterocycles. The first-order valence-electron chi connectivity index (χ1n) is 6.86. The van der Waals surface area contributed by atoms with Crippen LogP contribution in [0.15, 0.2) is 6.20 Å². The van der Waals surface area contributed by atoms with Crippen molar-refractivity contribution >= 4 is 10.2 Å². The molecule has 20 heavy (non-hydrogen) atoms. The first kappa shape index (κ1) is 15.4. The van der Waals surface area contributed by atoms with Crippen molar-refractivity contribution in [2.45, 2.75) is 26.3 Å². The molecule has 0 bridgehead atoms. The van der Waals surface area contributed by atoms with Crippen molar-refractivity contribution in [2.75, 3.05) is 19.6 Å². The summed E-state index contributed by atoms with van der Waals surface area (Å²) in [5, 5.41) is 4.20. The summed E-state index contributed by atoms with van der Waals surface area (Å²) in [6.07, 6.45) is 3.51. The van der Waals surface area contributed by atoms with E-state index in [4.69, 9.17) is 5.73 Å². The van der Waals surface area contributed by atoms with Crippen LogP contribution in [0.3, 0.4) is 0 Å². The molecule has 0 aromatic carbocycles. The Bertz CT molecular complexity index is 546. The minimum absolute atomic E-state index is 0.277. The van der Waals surface area contributed by atoms with E-state index in [-0.39, 0.29) is 6.54 Å². The fraction of sp³-hybridized carbons (Fsp3) is 0.750. The number of hydrogen-bond donors (Lipinski definition) is 2. The molecule has 1 aliphatic rings. The molecule has 3 N–H and O–H groups in total. The van der Waals surface area contributed by atoms with Gasteiger partial charge in [-0.25, -0.2) is 0 Å². The third-order valence-corrected chi connectivity index (χ3v) is 5.36. The lowest BCUT2D eigenvalue weighted by Gasteiger charge is -2.30. The SMILES string of the molecule is Cc1nn(C)cc1CNS(=O)(=O)N1CCC(CN)CC1. The summed E-state index contributed by atoms with van der Waals surface area (Å²) in [6.45, 7) is 3.87. The second-order valence-corrected chi connectivity index (χ2v) is 7.07. The number of rotatable bonds is 5. The standard InChI is InChI=1S/C12H23N5O2S/c1-10-12(9-16(2)15-10)8-14-20(18,19)17-5-3-11(7-13)4-6-17/h9,11,14H,3-8,13H2,1-2H3. The molecule has 7 nitrogen and oxygen atoms in total. The van der Waals surface area contributed by atoms with Gasteiger partial charge in [-0.3, -0.25) is 4.68 Å². The minimum Gasteiger partial charge on any atom is -0.330 e. The lowest BCUT2D eigenvalue weighted by atomic mass is 9.99. The third-order valence-electron chi connectivity index (χ3n) is 3.81. The summed E-state index contributed by atoms with van der Waals surface area (Å²) >= 11 is 0. The second-order valence-electron chi connectivity index (χ2n) is 5.32. The van der Waals surface area contributed by atoms with Crippen LogP contribution in [-0.4, -0.2) is 42.1 Å². The molecule has 2 rings (SSSR count). The molecule has 8 heteroatoms. The van der Waals surface area contributed by atoms with E-state index in [0.717, 1.165) is 24.1 Å². The normalized spacial score (nSPS) is 18.6. The van der Waals surface area contributed by atoms with Crippen molar-refractivity contribution in [3.8, 4) is 0 Å². The highest BCUT2D eigenvalue weighted by molar-refractivity contribution is 7.87. The highest BCUT2D eigenvalue weighted by Crippen LogP contribution is 2.18. The van der Waals surface area contributed by atoms with E-state index in [0.29, 0.717) is 25.6 Å². The van der Waals surface area contributed by atoms with Crippen molar-refractivity contribution in [1.29, 1.82) is 0 Å². The zero-order chi connectivity index (χ0) is 14.8. The second kappa shape index (κ2) is 6.21. The summed E-state index contributed by atoms with van der Waals surface area (Å²) in [5.74, 6) is 0.446. The highest BCUT2D eigenvalue weighted by atomic mass is 32.2. The van der Waals surface area contributed by atoms with Gasteiger partial charge in [-0.15, -0.1) is 0 Å². The van der Waals surface area contributed by atoms with Gasteiger partial charge >= 0.3 is 0 Å². The summed E-state index contributed by atoms with van der Waals surface area (Å²) in [6, 6.07) is 0. The largest absolute Gasteiger partial charge is 0.330 e. The Labute approximate surface area is 120 Å². The van der Waals surface area contributed by atoms with Gasteiger partial charge in [-0.2, -0.15) is 22.5 Å². The fourth-order valence-corrected chi connectivity index (χ4v) is 3.68. The highest BCUT2D eigenvalue weighted by Gasteiger charge is 2.27. The van der Waals surface area contributed by atoms with Crippen molar-refractivity contribution in [3.63, 3.8) is 0 Å². The van der Waals surface area contributed by atoms with Gasteiger partial charge in [-0.1, -0.05) is 0 Å². The maximum absolute atomic E-state index is 12.2. The van der Waals surface area contributed by atoms with Crippen LogP contribution in [0, 0.1) is 12.8 Å². The van der Waals surface area contributed by atoms with Crippen LogP contribution >= 0.6 is 0 Å². The molecule has 1 aromatic rings. The van der Waals surface area contributed by atoms with Gasteiger partial charge in [0.1, 0.15) is 0 Å². The molecular formula is C12H23N5O2S. The number of nitrogens with two attached hydrogens (primary N) is 1. The van der Waals surface area contributed by atoms with Crippen LogP contribution < -0.4 is 10.5 Å². The van der Waals surface area contributed by atoms with Crippen LogP contribution in [0.2, 0.25) is 0 Å². The Morgan fingerprint density at radius 2 is 2.10 bits per heavy atom. The van der Waals surface area contributed by atoms with Crippen LogP contribution in [0.5, 0.6) is 0 Å². The zero-order valence-corrected chi connectivity index (χ0v) is 12.9. The van der Waals surface area contributed by atoms with Gasteiger partial charge < -0.3 is 5.73 Å². The molecule has 0 saturated carbocycles. The average Bonchev–Trinajstić information content (AvgIpc) is 2.75. The monoisotopic (exact) mass is 301 g/mol. The third kappa shape index (κ3) is 3.57. The van der Waals surface area contributed by atoms with Crippen LogP contribution in [0.4, 0.5) is 0 Å². The number of aryl methyl sites for hydroxylation is 2. The molecular weight excluding hydrogens is 278 g/mol. The summed E-state index contributed by atoms with van der Waals surface area (Å²) in [4.78, 5) is 0. The zero-order valence-electron chi connectivity index (χ0n) is 12.0. The number of aromatic nitrogens is 2. The Hall–Kier alpha value is -0.960. The maximum atomic E-state index is 12.2. The van der Waals surface area contributed by atoms with E-state index in [1.807, 2.05) is 20.2 Å². The lowest BCUT2D eigenvalue weighted by molar-refractivity contribution is 0.275. The van der Waals surface area contributed by atoms with Gasteiger partial charge in [0.05, 0.1) is 5.69 Å². The predicted molar refractivity (Wildman–Crippen MR) is 77.1 cm³/mol. The van der Waals surface area contributed by atoms with Gasteiger partial charge in [0, 0.05) is 38.4 Å². The van der Waals surface area contributed by atoms with E-state index in [1.165, 1.54) is 4.31 Å². The van der Waals surface area contributed by atoms with Crippen molar-refractivity contribution < 1.29 is 8.42 Å². The Morgan fingerprint density at radius 1 is 1.45 bits per heavy atom. The number of hydrogen-bond acceptors (Lipinski definition) is 4. The molecule has 0 atom stereocenters. The number of nitrogens with one attached hydrogen (secondary N) is 1. The average molecular weight is 301 g/mol. The molecule has 0 amide bonds. The summed E-state index contributed by atoms with van der Waals surface area (Å²) in [5.41, 5.74) is 7.36. The number of nitrogens with zero attached hydrogens (tertiary/aromatic N) is 3. The van der Waals surface area contributed by atoms with Crippen LogP contribution in [0.25, 0.3) is 0 Å². The van der Waals surface area contributed by atoms with Crippen LogP contribution in [0.1, 0.15) is 24.1 Å². The lowest BCUT2D eigenvalue weighted by Crippen LogP contribution is -2.45. The quantitative estimate of drug-likeness (QED) is 0.783. The van der Waals surface area contributed by atoms with Crippen molar-refractivity contribution in [1.82, 2.24) is 18.8 Å². The molecule has 0 unspecified atom stereocenters. The fourth-order valence-electron chi connectivity index (χ4n) is 2.47. The summed E-state index contributed by atoms with van der Waals surface area (Å²) < 4.78 is 30.3. The van der Waals surface area contributed by atoms with Gasteiger partial charge in [0.15, 0.2) is 0 Å². The first-order chi connectivity index (χ1) is 9.42. The maximum Gasteiger partial charge on any atom is 0.279 e. The molecule has 1 fully saturated rings. The van der Waals surface area contributed by atoms with Gasteiger partial charge in [0.25, 0.3) is 10.2 Å². The van der Waals surface area contributed by atoms with E-state index in [1.54, 1.807) is 4.68 Å². The smallest absolute Gasteiger partial charge is 0.279 e. The predicted octanol–water partition coefficient (Wildman–Crippen LogP) is -0.266. The van der Waals surface area contributed by atoms with E-state index in [2.05, 4.69) is 9.82 Å².